The molecule has 4 atom stereocenters. The van der Waals surface area contributed by atoms with Crippen LogP contribution in [0.1, 0.15) is 48.4 Å². The van der Waals surface area contributed by atoms with Crippen molar-refractivity contribution < 1.29 is 23.5 Å². The second-order valence-corrected chi connectivity index (χ2v) is 7.83. The van der Waals surface area contributed by atoms with Gasteiger partial charge in [0, 0.05) is 6.04 Å². The molecule has 0 radical (unpaired) electrons. The molecule has 0 N–H and O–H groups in total. The van der Waals surface area contributed by atoms with Gasteiger partial charge in [-0.05, 0) is 55.7 Å². The summed E-state index contributed by atoms with van der Waals surface area (Å²) in [6.07, 6.45) is 4.20. The van der Waals surface area contributed by atoms with Gasteiger partial charge in [0.2, 0.25) is 0 Å². The van der Waals surface area contributed by atoms with Crippen molar-refractivity contribution in [3.05, 3.63) is 60.1 Å². The summed E-state index contributed by atoms with van der Waals surface area (Å²) in [5, 5.41) is 0. The van der Waals surface area contributed by atoms with E-state index >= 15 is 0 Å². The zero-order valence-corrected chi connectivity index (χ0v) is 16.7. The fourth-order valence-electron chi connectivity index (χ4n) is 4.66. The molecule has 1 saturated carbocycles. The summed E-state index contributed by atoms with van der Waals surface area (Å²) in [5.41, 5.74) is 1.20. The Balaban J connectivity index is 1.48. The summed E-state index contributed by atoms with van der Waals surface area (Å²) >= 11 is 0. The fourth-order valence-corrected chi connectivity index (χ4v) is 4.66. The largest absolute Gasteiger partial charge is 0.465 e. The van der Waals surface area contributed by atoms with Crippen LogP contribution in [-0.4, -0.2) is 42.6 Å². The molecule has 1 aromatic carbocycles. The molecule has 6 nitrogen and oxygen atoms in total. The summed E-state index contributed by atoms with van der Waals surface area (Å²) in [6, 6.07) is 13.6. The molecule has 1 aliphatic heterocycles. The average molecular weight is 397 g/mol. The van der Waals surface area contributed by atoms with Gasteiger partial charge in [0.1, 0.15) is 6.54 Å². The number of ether oxygens (including phenoxy) is 2. The van der Waals surface area contributed by atoms with Crippen molar-refractivity contribution in [3.8, 4) is 0 Å². The highest BCUT2D eigenvalue weighted by molar-refractivity contribution is 5.93. The van der Waals surface area contributed by atoms with Gasteiger partial charge in [0.25, 0.3) is 5.91 Å². The minimum atomic E-state index is -0.388. The maximum atomic E-state index is 13.0. The molecule has 2 aliphatic rings. The van der Waals surface area contributed by atoms with Gasteiger partial charge in [0.15, 0.2) is 5.76 Å². The summed E-state index contributed by atoms with van der Waals surface area (Å²) in [7, 11) is 0. The third kappa shape index (κ3) is 4.37. The first kappa shape index (κ1) is 19.7. The lowest BCUT2D eigenvalue weighted by atomic mass is 9.86. The van der Waals surface area contributed by atoms with E-state index in [2.05, 4.69) is 12.1 Å². The number of benzene rings is 1. The highest BCUT2D eigenvalue weighted by Crippen LogP contribution is 2.45. The number of furan rings is 1. The van der Waals surface area contributed by atoms with Crippen molar-refractivity contribution in [2.75, 3.05) is 19.8 Å². The first-order valence-electron chi connectivity index (χ1n) is 10.3. The van der Waals surface area contributed by atoms with Gasteiger partial charge >= 0.3 is 5.97 Å². The van der Waals surface area contributed by atoms with E-state index in [-0.39, 0.29) is 36.3 Å². The quantitative estimate of drug-likeness (QED) is 0.693. The van der Waals surface area contributed by atoms with Gasteiger partial charge in [-0.3, -0.25) is 9.59 Å². The van der Waals surface area contributed by atoms with Crippen molar-refractivity contribution >= 4 is 11.9 Å². The van der Waals surface area contributed by atoms with E-state index in [0.29, 0.717) is 25.0 Å². The smallest absolute Gasteiger partial charge is 0.325 e. The highest BCUT2D eigenvalue weighted by Gasteiger charge is 2.43. The zero-order chi connectivity index (χ0) is 20.2. The molecule has 4 rings (SSSR count). The zero-order valence-electron chi connectivity index (χ0n) is 16.7. The van der Waals surface area contributed by atoms with Crippen molar-refractivity contribution in [2.45, 2.75) is 38.3 Å². The normalized spacial score (nSPS) is 26.0. The number of amides is 1. The molecule has 1 aromatic heterocycles. The van der Waals surface area contributed by atoms with Crippen molar-refractivity contribution in [1.29, 1.82) is 0 Å². The topological polar surface area (TPSA) is 69.0 Å². The molecule has 2 heterocycles. The van der Waals surface area contributed by atoms with Crippen molar-refractivity contribution in [1.82, 2.24) is 4.90 Å². The van der Waals surface area contributed by atoms with Crippen LogP contribution in [0.15, 0.2) is 53.1 Å². The number of carbonyl (C=O) groups is 2. The molecule has 0 unspecified atom stereocenters. The lowest BCUT2D eigenvalue weighted by Crippen LogP contribution is -2.43. The lowest BCUT2D eigenvalue weighted by molar-refractivity contribution is -0.144. The molecule has 1 amide bonds. The summed E-state index contributed by atoms with van der Waals surface area (Å²) in [5.74, 6) is 0.470. The van der Waals surface area contributed by atoms with E-state index in [1.807, 2.05) is 18.2 Å². The van der Waals surface area contributed by atoms with E-state index in [0.717, 1.165) is 19.3 Å². The van der Waals surface area contributed by atoms with E-state index < -0.39 is 0 Å². The van der Waals surface area contributed by atoms with Crippen molar-refractivity contribution in [3.63, 3.8) is 0 Å². The van der Waals surface area contributed by atoms with Crippen LogP contribution in [0.5, 0.6) is 0 Å². The van der Waals surface area contributed by atoms with Gasteiger partial charge in [-0.25, -0.2) is 0 Å². The Hall–Kier alpha value is -2.60. The van der Waals surface area contributed by atoms with Crippen LogP contribution in [-0.2, 0) is 14.3 Å². The Morgan fingerprint density at radius 1 is 1.07 bits per heavy atom. The minimum Gasteiger partial charge on any atom is -0.465 e. The van der Waals surface area contributed by atoms with Crippen LogP contribution in [0.4, 0.5) is 0 Å². The van der Waals surface area contributed by atoms with Crippen LogP contribution in [0.2, 0.25) is 0 Å². The van der Waals surface area contributed by atoms with Crippen LogP contribution in [0.3, 0.4) is 0 Å². The number of hydrogen-bond donors (Lipinski definition) is 0. The van der Waals surface area contributed by atoms with Crippen LogP contribution in [0, 0.1) is 11.8 Å². The Labute approximate surface area is 170 Å². The van der Waals surface area contributed by atoms with E-state index in [1.54, 1.807) is 24.0 Å². The predicted octanol–water partition coefficient (Wildman–Crippen LogP) is 3.84. The van der Waals surface area contributed by atoms with Crippen LogP contribution in [0.25, 0.3) is 0 Å². The first-order valence-corrected chi connectivity index (χ1v) is 10.3. The summed E-state index contributed by atoms with van der Waals surface area (Å²) < 4.78 is 16.6. The maximum Gasteiger partial charge on any atom is 0.325 e. The molecule has 154 valence electrons. The second-order valence-electron chi connectivity index (χ2n) is 7.83. The number of nitrogens with zero attached hydrogens (tertiary/aromatic N) is 1. The van der Waals surface area contributed by atoms with Gasteiger partial charge in [-0.1, -0.05) is 30.3 Å². The molecular formula is C23H27NO5. The fraction of sp³-hybridized carbons (Fsp3) is 0.478. The monoisotopic (exact) mass is 397 g/mol. The third-order valence-corrected chi connectivity index (χ3v) is 6.05. The number of hydrogen-bond acceptors (Lipinski definition) is 5. The minimum absolute atomic E-state index is 0.0230. The Bertz CT molecular complexity index is 819. The molecule has 0 spiro atoms. The van der Waals surface area contributed by atoms with Gasteiger partial charge in [0.05, 0.1) is 25.6 Å². The Morgan fingerprint density at radius 3 is 2.59 bits per heavy atom. The first-order chi connectivity index (χ1) is 14.2. The van der Waals surface area contributed by atoms with E-state index in [4.69, 9.17) is 13.9 Å². The Kier molecular flexibility index (Phi) is 6.00. The number of carbonyl (C=O) groups excluding carboxylic acids is 2. The molecular weight excluding hydrogens is 370 g/mol. The maximum absolute atomic E-state index is 13.0. The summed E-state index contributed by atoms with van der Waals surface area (Å²) in [4.78, 5) is 26.8. The van der Waals surface area contributed by atoms with Crippen LogP contribution < -0.4 is 0 Å². The van der Waals surface area contributed by atoms with E-state index in [1.165, 1.54) is 11.8 Å². The van der Waals surface area contributed by atoms with Gasteiger partial charge in [-0.2, -0.15) is 0 Å². The average Bonchev–Trinajstić information content (AvgIpc) is 3.41. The molecule has 1 aliphatic carbocycles. The lowest BCUT2D eigenvalue weighted by Gasteiger charge is -2.32. The molecule has 2 aromatic rings. The standard InChI is InChI=1S/C23H27NO5/c1-2-27-22(25)14-24(23(26)20-9-6-10-28-20)19-11-17-13-21(29-15-18(17)12-19)16-7-4-3-5-8-16/h3-10,17-19,21H,2,11-15H2,1H3/t17-,18+,19-,21-/m0/s1. The SMILES string of the molecule is CCOC(=O)CN(C(=O)c1ccco1)[C@@H]1C[C@@H]2CO[C@H](c3ccccc3)C[C@@H]2C1. The highest BCUT2D eigenvalue weighted by atomic mass is 16.5. The second kappa shape index (κ2) is 8.82. The third-order valence-electron chi connectivity index (χ3n) is 6.05. The van der Waals surface area contributed by atoms with Gasteiger partial charge in [-0.15, -0.1) is 0 Å². The van der Waals surface area contributed by atoms with Crippen LogP contribution >= 0.6 is 0 Å². The number of fused-ring (bicyclic) bond motifs is 1. The van der Waals surface area contributed by atoms with Gasteiger partial charge < -0.3 is 18.8 Å². The number of esters is 1. The molecule has 0 bridgehead atoms. The van der Waals surface area contributed by atoms with Crippen molar-refractivity contribution in [2.24, 2.45) is 11.8 Å². The molecule has 6 heteroatoms. The van der Waals surface area contributed by atoms with E-state index in [9.17, 15) is 9.59 Å². The molecule has 2 fully saturated rings. The number of rotatable bonds is 6. The Morgan fingerprint density at radius 2 is 1.86 bits per heavy atom. The molecule has 1 saturated heterocycles. The predicted molar refractivity (Wildman–Crippen MR) is 106 cm³/mol. The molecule has 29 heavy (non-hydrogen) atoms. The summed E-state index contributed by atoms with van der Waals surface area (Å²) in [6.45, 7) is 2.69.